The Kier molecular flexibility index (Phi) is 6.75. The highest BCUT2D eigenvalue weighted by atomic mass is 16.5. The molecule has 1 unspecified atom stereocenters. The van der Waals surface area contributed by atoms with Gasteiger partial charge in [0.05, 0.1) is 19.3 Å². The van der Waals surface area contributed by atoms with Crippen LogP contribution in [-0.2, 0) is 9.47 Å². The molecule has 0 aromatic carbocycles. The fraction of sp³-hybridized carbons (Fsp3) is 0.885. The SMILES string of the molecule is COCCNC(=O)OCC(C)[C@H]1CC[C@H]2[C@@H]3CC=C4C[C@@H](O)CC[C@]4(C)[C@H]3CC[C@]12C. The molecule has 8 atom stereocenters. The van der Waals surface area contributed by atoms with E-state index >= 15 is 0 Å². The van der Waals surface area contributed by atoms with Crippen molar-refractivity contribution in [2.24, 2.45) is 40.4 Å². The second kappa shape index (κ2) is 9.05. The summed E-state index contributed by atoms with van der Waals surface area (Å²) in [5, 5.41) is 13.0. The van der Waals surface area contributed by atoms with Crippen molar-refractivity contribution in [1.29, 1.82) is 0 Å². The number of carbonyl (C=O) groups is 1. The predicted molar refractivity (Wildman–Crippen MR) is 122 cm³/mol. The molecule has 4 aliphatic rings. The van der Waals surface area contributed by atoms with Crippen LogP contribution in [0.25, 0.3) is 0 Å². The summed E-state index contributed by atoms with van der Waals surface area (Å²) in [7, 11) is 1.63. The number of fused-ring (bicyclic) bond motifs is 5. The molecule has 1 amide bonds. The van der Waals surface area contributed by atoms with Crippen LogP contribution < -0.4 is 5.32 Å². The molecule has 0 bridgehead atoms. The first kappa shape index (κ1) is 23.1. The molecule has 0 aromatic heterocycles. The van der Waals surface area contributed by atoms with E-state index in [1.54, 1.807) is 12.7 Å². The Morgan fingerprint density at radius 1 is 1.23 bits per heavy atom. The van der Waals surface area contributed by atoms with Gasteiger partial charge in [-0.3, -0.25) is 0 Å². The molecular weight excluding hydrogens is 390 g/mol. The maximum Gasteiger partial charge on any atom is 0.407 e. The van der Waals surface area contributed by atoms with Crippen LogP contribution in [-0.4, -0.2) is 44.2 Å². The molecule has 4 aliphatic carbocycles. The largest absolute Gasteiger partial charge is 0.449 e. The summed E-state index contributed by atoms with van der Waals surface area (Å²) in [6.07, 6.45) is 11.4. The third-order valence-electron chi connectivity index (χ3n) is 9.89. The Balaban J connectivity index is 1.41. The number of aliphatic hydroxyl groups excluding tert-OH is 1. The quantitative estimate of drug-likeness (QED) is 0.460. The van der Waals surface area contributed by atoms with Crippen molar-refractivity contribution >= 4 is 6.09 Å². The minimum atomic E-state index is -0.329. The van der Waals surface area contributed by atoms with Crippen LogP contribution in [0.15, 0.2) is 11.6 Å². The van der Waals surface area contributed by atoms with Crippen LogP contribution >= 0.6 is 0 Å². The summed E-state index contributed by atoms with van der Waals surface area (Å²) in [5.41, 5.74) is 2.20. The lowest BCUT2D eigenvalue weighted by atomic mass is 9.47. The highest BCUT2D eigenvalue weighted by molar-refractivity contribution is 5.67. The maximum atomic E-state index is 12.0. The van der Waals surface area contributed by atoms with E-state index in [-0.39, 0.29) is 12.2 Å². The molecule has 0 saturated heterocycles. The van der Waals surface area contributed by atoms with Crippen molar-refractivity contribution in [2.45, 2.75) is 78.2 Å². The van der Waals surface area contributed by atoms with Crippen molar-refractivity contribution in [3.63, 3.8) is 0 Å². The topological polar surface area (TPSA) is 67.8 Å². The average molecular weight is 434 g/mol. The van der Waals surface area contributed by atoms with Gasteiger partial charge in [-0.15, -0.1) is 0 Å². The van der Waals surface area contributed by atoms with E-state index in [0.717, 1.165) is 37.0 Å². The van der Waals surface area contributed by atoms with E-state index in [4.69, 9.17) is 9.47 Å². The van der Waals surface area contributed by atoms with Gasteiger partial charge in [0, 0.05) is 13.7 Å². The lowest BCUT2D eigenvalue weighted by molar-refractivity contribution is -0.0602. The summed E-state index contributed by atoms with van der Waals surface area (Å²) >= 11 is 0. The summed E-state index contributed by atoms with van der Waals surface area (Å²) < 4.78 is 10.5. The lowest BCUT2D eigenvalue weighted by Crippen LogP contribution is -2.51. The monoisotopic (exact) mass is 433 g/mol. The van der Waals surface area contributed by atoms with E-state index in [1.165, 1.54) is 32.1 Å². The van der Waals surface area contributed by atoms with Crippen LogP contribution in [0.2, 0.25) is 0 Å². The molecule has 31 heavy (non-hydrogen) atoms. The number of hydrogen-bond acceptors (Lipinski definition) is 4. The minimum Gasteiger partial charge on any atom is -0.449 e. The number of allylic oxidation sites excluding steroid dienone is 1. The van der Waals surface area contributed by atoms with E-state index < -0.39 is 0 Å². The molecule has 176 valence electrons. The maximum absolute atomic E-state index is 12.0. The zero-order valence-electron chi connectivity index (χ0n) is 20.0. The van der Waals surface area contributed by atoms with Gasteiger partial charge < -0.3 is 19.9 Å². The van der Waals surface area contributed by atoms with Gasteiger partial charge in [-0.1, -0.05) is 32.4 Å². The predicted octanol–water partition coefficient (Wildman–Crippen LogP) is 4.94. The molecule has 4 rings (SSSR count). The van der Waals surface area contributed by atoms with Gasteiger partial charge in [0.15, 0.2) is 0 Å². The Labute approximate surface area is 188 Å². The van der Waals surface area contributed by atoms with Crippen LogP contribution in [0, 0.1) is 40.4 Å². The second-order valence-electron chi connectivity index (χ2n) is 11.4. The summed E-state index contributed by atoms with van der Waals surface area (Å²) in [6.45, 7) is 8.79. The Morgan fingerprint density at radius 3 is 2.81 bits per heavy atom. The molecule has 3 fully saturated rings. The van der Waals surface area contributed by atoms with E-state index in [0.29, 0.717) is 42.4 Å². The zero-order chi connectivity index (χ0) is 22.2. The zero-order valence-corrected chi connectivity index (χ0v) is 20.0. The number of methoxy groups -OCH3 is 1. The molecule has 0 aromatic rings. The van der Waals surface area contributed by atoms with Crippen molar-refractivity contribution in [2.75, 3.05) is 26.9 Å². The molecule has 5 heteroatoms. The number of alkyl carbamates (subject to hydrolysis) is 1. The van der Waals surface area contributed by atoms with Gasteiger partial charge >= 0.3 is 6.09 Å². The Hall–Kier alpha value is -1.07. The van der Waals surface area contributed by atoms with Crippen molar-refractivity contribution in [3.8, 4) is 0 Å². The molecule has 5 nitrogen and oxygen atoms in total. The number of carbonyl (C=O) groups excluding carboxylic acids is 1. The lowest BCUT2D eigenvalue weighted by Gasteiger charge is -2.58. The van der Waals surface area contributed by atoms with Gasteiger partial charge in [0.25, 0.3) is 0 Å². The van der Waals surface area contributed by atoms with Gasteiger partial charge in [-0.25, -0.2) is 4.79 Å². The number of hydrogen-bond donors (Lipinski definition) is 2. The summed E-state index contributed by atoms with van der Waals surface area (Å²) in [6, 6.07) is 0. The Morgan fingerprint density at radius 2 is 2.03 bits per heavy atom. The number of amides is 1. The number of nitrogens with one attached hydrogen (secondary N) is 1. The molecule has 0 heterocycles. The van der Waals surface area contributed by atoms with Gasteiger partial charge in [0.2, 0.25) is 0 Å². The third-order valence-corrected chi connectivity index (χ3v) is 9.89. The summed E-state index contributed by atoms with van der Waals surface area (Å²) in [4.78, 5) is 12.0. The fourth-order valence-corrected chi connectivity index (χ4v) is 8.25. The molecular formula is C26H43NO4. The van der Waals surface area contributed by atoms with E-state index in [9.17, 15) is 9.90 Å². The average Bonchev–Trinajstić information content (AvgIpc) is 3.10. The number of ether oxygens (including phenoxy) is 2. The molecule has 3 saturated carbocycles. The van der Waals surface area contributed by atoms with Crippen LogP contribution in [0.3, 0.4) is 0 Å². The van der Waals surface area contributed by atoms with Crippen molar-refractivity contribution in [3.05, 3.63) is 11.6 Å². The van der Waals surface area contributed by atoms with E-state index in [1.807, 2.05) is 0 Å². The number of rotatable bonds is 6. The molecule has 0 aliphatic heterocycles. The minimum absolute atomic E-state index is 0.131. The normalized spacial score (nSPS) is 42.6. The highest BCUT2D eigenvalue weighted by Crippen LogP contribution is 2.67. The van der Waals surface area contributed by atoms with Crippen molar-refractivity contribution < 1.29 is 19.4 Å². The van der Waals surface area contributed by atoms with Gasteiger partial charge in [-0.2, -0.15) is 0 Å². The summed E-state index contributed by atoms with van der Waals surface area (Å²) in [5.74, 6) is 3.33. The van der Waals surface area contributed by atoms with Crippen LogP contribution in [0.4, 0.5) is 4.79 Å². The molecule has 2 N–H and O–H groups in total. The van der Waals surface area contributed by atoms with Gasteiger partial charge in [0.1, 0.15) is 0 Å². The first-order valence-corrected chi connectivity index (χ1v) is 12.6. The number of aliphatic hydroxyl groups is 1. The first-order chi connectivity index (χ1) is 14.8. The van der Waals surface area contributed by atoms with Crippen LogP contribution in [0.1, 0.15) is 72.1 Å². The smallest absolute Gasteiger partial charge is 0.407 e. The molecule has 0 radical (unpaired) electrons. The van der Waals surface area contributed by atoms with E-state index in [2.05, 4.69) is 32.2 Å². The Bertz CT molecular complexity index is 693. The molecule has 0 spiro atoms. The first-order valence-electron chi connectivity index (χ1n) is 12.6. The fourth-order valence-electron chi connectivity index (χ4n) is 8.25. The second-order valence-corrected chi connectivity index (χ2v) is 11.4. The standard InChI is InChI=1S/C26H43NO4/c1-17(16-31-24(29)27-13-14-30-4)21-7-8-22-20-6-5-18-15-19(28)9-11-25(18,2)23(20)10-12-26(21,22)3/h5,17,19-23,28H,6-16H2,1-4H3,(H,27,29)/t17?,19-,20-,21+,22-,23-,25-,26+/m0/s1. The van der Waals surface area contributed by atoms with Crippen LogP contribution in [0.5, 0.6) is 0 Å². The third kappa shape index (κ3) is 4.17. The highest BCUT2D eigenvalue weighted by Gasteiger charge is 2.59. The van der Waals surface area contributed by atoms with Crippen molar-refractivity contribution in [1.82, 2.24) is 5.32 Å². The van der Waals surface area contributed by atoms with Gasteiger partial charge in [-0.05, 0) is 91.8 Å².